The van der Waals surface area contributed by atoms with Crippen molar-refractivity contribution in [1.29, 1.82) is 0 Å². The molecule has 0 saturated heterocycles. The summed E-state index contributed by atoms with van der Waals surface area (Å²) < 4.78 is 0. The number of hydrogen-bond donors (Lipinski definition) is 2. The van der Waals surface area contributed by atoms with E-state index in [4.69, 9.17) is 0 Å². The molecule has 1 aliphatic rings. The Balaban J connectivity index is 1.66. The summed E-state index contributed by atoms with van der Waals surface area (Å²) in [6.45, 7) is 4.38. The Morgan fingerprint density at radius 2 is 1.85 bits per heavy atom. The summed E-state index contributed by atoms with van der Waals surface area (Å²) in [6.07, 6.45) is 0. The maximum Gasteiger partial charge on any atom is 0.251 e. The normalized spacial score (nSPS) is 13.1. The molecule has 102 valence electrons. The molecular formula is C17H18N2O. The minimum atomic E-state index is -0.0136. The molecule has 1 aliphatic heterocycles. The van der Waals surface area contributed by atoms with Crippen LogP contribution in [0.2, 0.25) is 0 Å². The van der Waals surface area contributed by atoms with Gasteiger partial charge in [0.1, 0.15) is 0 Å². The molecule has 0 unspecified atom stereocenters. The van der Waals surface area contributed by atoms with Crippen molar-refractivity contribution in [3.05, 3.63) is 70.3 Å². The van der Waals surface area contributed by atoms with Gasteiger partial charge in [-0.1, -0.05) is 35.9 Å². The fourth-order valence-electron chi connectivity index (χ4n) is 2.43. The second-order valence-corrected chi connectivity index (χ2v) is 5.26. The minimum Gasteiger partial charge on any atom is -0.348 e. The summed E-state index contributed by atoms with van der Waals surface area (Å²) >= 11 is 0. The van der Waals surface area contributed by atoms with Gasteiger partial charge in [-0.3, -0.25) is 4.79 Å². The Hall–Kier alpha value is -2.13. The van der Waals surface area contributed by atoms with Gasteiger partial charge in [-0.15, -0.1) is 0 Å². The van der Waals surface area contributed by atoms with Gasteiger partial charge >= 0.3 is 0 Å². The number of hydrogen-bond acceptors (Lipinski definition) is 2. The van der Waals surface area contributed by atoms with Crippen molar-refractivity contribution in [2.24, 2.45) is 0 Å². The van der Waals surface area contributed by atoms with Gasteiger partial charge in [0.05, 0.1) is 0 Å². The average molecular weight is 266 g/mol. The second-order valence-electron chi connectivity index (χ2n) is 5.26. The molecule has 1 heterocycles. The van der Waals surface area contributed by atoms with Gasteiger partial charge in [0.25, 0.3) is 5.91 Å². The number of nitrogens with one attached hydrogen (secondary N) is 2. The molecule has 2 N–H and O–H groups in total. The average Bonchev–Trinajstić information content (AvgIpc) is 2.93. The predicted octanol–water partition coefficient (Wildman–Crippen LogP) is 2.53. The lowest BCUT2D eigenvalue weighted by molar-refractivity contribution is 0.0951. The number of benzene rings is 2. The summed E-state index contributed by atoms with van der Waals surface area (Å²) in [7, 11) is 0. The van der Waals surface area contributed by atoms with E-state index in [1.165, 1.54) is 16.7 Å². The number of amides is 1. The Labute approximate surface area is 119 Å². The van der Waals surface area contributed by atoms with Crippen molar-refractivity contribution in [1.82, 2.24) is 10.6 Å². The molecule has 20 heavy (non-hydrogen) atoms. The zero-order valence-electron chi connectivity index (χ0n) is 11.6. The maximum absolute atomic E-state index is 12.2. The highest BCUT2D eigenvalue weighted by atomic mass is 16.1. The molecule has 0 saturated carbocycles. The van der Waals surface area contributed by atoms with Gasteiger partial charge in [0, 0.05) is 25.2 Å². The first-order valence-corrected chi connectivity index (χ1v) is 6.88. The summed E-state index contributed by atoms with van der Waals surface area (Å²) in [5.74, 6) is -0.0136. The SMILES string of the molecule is Cc1ccc(CNC(=O)c2ccc3c(c2)CNC3)cc1. The van der Waals surface area contributed by atoms with Crippen molar-refractivity contribution >= 4 is 5.91 Å². The van der Waals surface area contributed by atoms with Crippen LogP contribution < -0.4 is 10.6 Å². The van der Waals surface area contributed by atoms with Crippen LogP contribution in [0.15, 0.2) is 42.5 Å². The van der Waals surface area contributed by atoms with Crippen LogP contribution in [0, 0.1) is 6.92 Å². The third-order valence-corrected chi connectivity index (χ3v) is 3.67. The molecule has 1 amide bonds. The van der Waals surface area contributed by atoms with Crippen molar-refractivity contribution in [3.8, 4) is 0 Å². The molecule has 3 nitrogen and oxygen atoms in total. The zero-order valence-corrected chi connectivity index (χ0v) is 11.6. The monoisotopic (exact) mass is 266 g/mol. The van der Waals surface area contributed by atoms with E-state index in [1.807, 2.05) is 30.3 Å². The molecule has 0 spiro atoms. The molecule has 0 fully saturated rings. The third kappa shape index (κ3) is 2.73. The topological polar surface area (TPSA) is 41.1 Å². The van der Waals surface area contributed by atoms with Crippen LogP contribution in [0.3, 0.4) is 0 Å². The smallest absolute Gasteiger partial charge is 0.251 e. The van der Waals surface area contributed by atoms with E-state index < -0.39 is 0 Å². The van der Waals surface area contributed by atoms with Crippen molar-refractivity contribution < 1.29 is 4.79 Å². The number of rotatable bonds is 3. The van der Waals surface area contributed by atoms with Crippen molar-refractivity contribution in [2.45, 2.75) is 26.6 Å². The summed E-state index contributed by atoms with van der Waals surface area (Å²) in [4.78, 5) is 12.2. The van der Waals surface area contributed by atoms with E-state index >= 15 is 0 Å². The molecule has 3 rings (SSSR count). The number of aryl methyl sites for hydroxylation is 1. The number of carbonyl (C=O) groups is 1. The van der Waals surface area contributed by atoms with Gasteiger partial charge in [0.15, 0.2) is 0 Å². The van der Waals surface area contributed by atoms with Crippen LogP contribution in [0.1, 0.15) is 32.6 Å². The first kappa shape index (κ1) is 12.9. The quantitative estimate of drug-likeness (QED) is 0.896. The van der Waals surface area contributed by atoms with Crippen LogP contribution >= 0.6 is 0 Å². The molecule has 3 heteroatoms. The predicted molar refractivity (Wildman–Crippen MR) is 79.3 cm³/mol. The zero-order chi connectivity index (χ0) is 13.9. The van der Waals surface area contributed by atoms with E-state index in [-0.39, 0.29) is 5.91 Å². The molecule has 2 aromatic carbocycles. The molecule has 0 atom stereocenters. The fraction of sp³-hybridized carbons (Fsp3) is 0.235. The summed E-state index contributed by atoms with van der Waals surface area (Å²) in [5, 5.41) is 6.25. The lowest BCUT2D eigenvalue weighted by Crippen LogP contribution is -2.22. The van der Waals surface area contributed by atoms with Gasteiger partial charge in [-0.05, 0) is 35.7 Å². The fourth-order valence-corrected chi connectivity index (χ4v) is 2.43. The highest BCUT2D eigenvalue weighted by molar-refractivity contribution is 5.94. The first-order valence-electron chi connectivity index (χ1n) is 6.88. The first-order chi connectivity index (χ1) is 9.72. The Morgan fingerprint density at radius 3 is 2.65 bits per heavy atom. The van der Waals surface area contributed by atoms with E-state index in [2.05, 4.69) is 29.7 Å². The van der Waals surface area contributed by atoms with Crippen LogP contribution in [-0.2, 0) is 19.6 Å². The highest BCUT2D eigenvalue weighted by Gasteiger charge is 2.13. The minimum absolute atomic E-state index is 0.0136. The molecule has 0 aromatic heterocycles. The van der Waals surface area contributed by atoms with Crippen LogP contribution in [0.25, 0.3) is 0 Å². The van der Waals surface area contributed by atoms with Gasteiger partial charge in [0.2, 0.25) is 0 Å². The summed E-state index contributed by atoms with van der Waals surface area (Å²) in [6, 6.07) is 14.1. The molecule has 0 bridgehead atoms. The Kier molecular flexibility index (Phi) is 3.52. The van der Waals surface area contributed by atoms with E-state index in [0.717, 1.165) is 24.2 Å². The summed E-state index contributed by atoms with van der Waals surface area (Å²) in [5.41, 5.74) is 5.60. The second kappa shape index (κ2) is 5.47. The van der Waals surface area contributed by atoms with E-state index in [9.17, 15) is 4.79 Å². The lowest BCUT2D eigenvalue weighted by Gasteiger charge is -2.07. The van der Waals surface area contributed by atoms with E-state index in [1.54, 1.807) is 0 Å². The lowest BCUT2D eigenvalue weighted by atomic mass is 10.1. The molecule has 2 aromatic rings. The van der Waals surface area contributed by atoms with Crippen molar-refractivity contribution in [3.63, 3.8) is 0 Å². The van der Waals surface area contributed by atoms with Gasteiger partial charge in [-0.2, -0.15) is 0 Å². The van der Waals surface area contributed by atoms with Crippen LogP contribution in [0.4, 0.5) is 0 Å². The Morgan fingerprint density at radius 1 is 1.10 bits per heavy atom. The maximum atomic E-state index is 12.2. The number of fused-ring (bicyclic) bond motifs is 1. The van der Waals surface area contributed by atoms with Crippen LogP contribution in [0.5, 0.6) is 0 Å². The van der Waals surface area contributed by atoms with Crippen molar-refractivity contribution in [2.75, 3.05) is 0 Å². The van der Waals surface area contributed by atoms with Crippen LogP contribution in [-0.4, -0.2) is 5.91 Å². The number of carbonyl (C=O) groups excluding carboxylic acids is 1. The highest BCUT2D eigenvalue weighted by Crippen LogP contribution is 2.17. The Bertz CT molecular complexity index is 632. The van der Waals surface area contributed by atoms with Gasteiger partial charge < -0.3 is 10.6 Å². The van der Waals surface area contributed by atoms with Gasteiger partial charge in [-0.25, -0.2) is 0 Å². The molecular weight excluding hydrogens is 248 g/mol. The third-order valence-electron chi connectivity index (χ3n) is 3.67. The van der Waals surface area contributed by atoms with E-state index in [0.29, 0.717) is 6.54 Å². The molecule has 0 radical (unpaired) electrons. The molecule has 0 aliphatic carbocycles. The standard InChI is InChI=1S/C17H18N2O/c1-12-2-4-13(5-3-12)9-19-17(20)14-6-7-15-10-18-11-16(15)8-14/h2-8,18H,9-11H2,1H3,(H,19,20). The largest absolute Gasteiger partial charge is 0.348 e.